The van der Waals surface area contributed by atoms with Gasteiger partial charge in [-0.25, -0.2) is 0 Å². The van der Waals surface area contributed by atoms with Crippen molar-refractivity contribution in [2.45, 2.75) is 19.0 Å². The molecule has 13 heavy (non-hydrogen) atoms. The molecule has 2 unspecified atom stereocenters. The largest absolute Gasteiger partial charge is 0.395 e. The molecule has 1 N–H and O–H groups in total. The Balaban J connectivity index is 2.52. The summed E-state index contributed by atoms with van der Waals surface area (Å²) < 4.78 is 0. The lowest BCUT2D eigenvalue weighted by Crippen LogP contribution is -2.57. The molecule has 0 bridgehead atoms. The van der Waals surface area contributed by atoms with E-state index in [-0.39, 0.29) is 12.6 Å². The average Bonchev–Trinajstić information content (AvgIpc) is 2.10. The monoisotopic (exact) mass is 184 g/mol. The van der Waals surface area contributed by atoms with Crippen molar-refractivity contribution in [1.82, 2.24) is 9.80 Å². The van der Waals surface area contributed by atoms with Crippen LogP contribution in [-0.4, -0.2) is 60.3 Å². The summed E-state index contributed by atoms with van der Waals surface area (Å²) in [5.74, 6) is 0. The molecule has 1 rings (SSSR count). The van der Waals surface area contributed by atoms with E-state index in [1.807, 2.05) is 6.08 Å². The molecular formula is C10H20N2O. The summed E-state index contributed by atoms with van der Waals surface area (Å²) in [5.41, 5.74) is 0. The first-order valence-electron chi connectivity index (χ1n) is 4.85. The van der Waals surface area contributed by atoms with Crippen molar-refractivity contribution >= 4 is 0 Å². The normalized spacial score (nSPS) is 31.9. The third-order valence-electron chi connectivity index (χ3n) is 2.82. The molecule has 0 amide bonds. The van der Waals surface area contributed by atoms with Crippen molar-refractivity contribution in [3.8, 4) is 0 Å². The van der Waals surface area contributed by atoms with Crippen LogP contribution in [0.15, 0.2) is 12.7 Å². The van der Waals surface area contributed by atoms with Gasteiger partial charge >= 0.3 is 0 Å². The molecule has 1 fully saturated rings. The van der Waals surface area contributed by atoms with Crippen LogP contribution in [0.5, 0.6) is 0 Å². The maximum atomic E-state index is 9.14. The quantitative estimate of drug-likeness (QED) is 0.633. The Morgan fingerprint density at radius 2 is 2.23 bits per heavy atom. The number of piperazine rings is 1. The van der Waals surface area contributed by atoms with Crippen molar-refractivity contribution in [2.24, 2.45) is 0 Å². The smallest absolute Gasteiger partial charge is 0.0599 e. The lowest BCUT2D eigenvalue weighted by Gasteiger charge is -2.42. The standard InChI is InChI=1S/C10H20N2O/c1-4-5-12-7-10(8-13)11(3)6-9(12)2/h4,9-10,13H,1,5-8H2,2-3H3. The second kappa shape index (κ2) is 4.74. The molecule has 1 heterocycles. The van der Waals surface area contributed by atoms with E-state index >= 15 is 0 Å². The van der Waals surface area contributed by atoms with Crippen LogP contribution in [0.4, 0.5) is 0 Å². The van der Waals surface area contributed by atoms with Gasteiger partial charge in [-0.05, 0) is 14.0 Å². The van der Waals surface area contributed by atoms with Crippen LogP contribution in [0, 0.1) is 0 Å². The van der Waals surface area contributed by atoms with Crippen LogP contribution in [-0.2, 0) is 0 Å². The van der Waals surface area contributed by atoms with Gasteiger partial charge < -0.3 is 5.11 Å². The minimum absolute atomic E-state index is 0.247. The predicted molar refractivity (Wildman–Crippen MR) is 54.7 cm³/mol. The summed E-state index contributed by atoms with van der Waals surface area (Å²) in [7, 11) is 2.07. The Bertz CT molecular complexity index is 172. The molecule has 0 aromatic carbocycles. The average molecular weight is 184 g/mol. The maximum absolute atomic E-state index is 9.14. The van der Waals surface area contributed by atoms with E-state index in [1.165, 1.54) is 0 Å². The highest BCUT2D eigenvalue weighted by Crippen LogP contribution is 2.12. The van der Waals surface area contributed by atoms with E-state index < -0.39 is 0 Å². The number of likely N-dealkylation sites (N-methyl/N-ethyl adjacent to an activating group) is 1. The number of rotatable bonds is 3. The van der Waals surface area contributed by atoms with E-state index in [4.69, 9.17) is 5.11 Å². The van der Waals surface area contributed by atoms with Gasteiger partial charge in [-0.15, -0.1) is 6.58 Å². The molecule has 3 nitrogen and oxygen atoms in total. The molecule has 0 aliphatic carbocycles. The van der Waals surface area contributed by atoms with Gasteiger partial charge in [0.25, 0.3) is 0 Å². The Labute approximate surface area is 80.6 Å². The fraction of sp³-hybridized carbons (Fsp3) is 0.800. The summed E-state index contributed by atoms with van der Waals surface area (Å²) in [5, 5.41) is 9.14. The van der Waals surface area contributed by atoms with Crippen molar-refractivity contribution < 1.29 is 5.11 Å². The van der Waals surface area contributed by atoms with Gasteiger partial charge in [-0.1, -0.05) is 6.08 Å². The molecule has 0 saturated carbocycles. The van der Waals surface area contributed by atoms with Gasteiger partial charge in [0.15, 0.2) is 0 Å². The van der Waals surface area contributed by atoms with Crippen LogP contribution in [0.25, 0.3) is 0 Å². The molecule has 76 valence electrons. The van der Waals surface area contributed by atoms with Gasteiger partial charge in [-0.3, -0.25) is 9.80 Å². The highest BCUT2D eigenvalue weighted by molar-refractivity contribution is 4.87. The summed E-state index contributed by atoms with van der Waals surface area (Å²) in [4.78, 5) is 4.58. The molecule has 0 aromatic rings. The number of nitrogens with zero attached hydrogens (tertiary/aromatic N) is 2. The van der Waals surface area contributed by atoms with Gasteiger partial charge in [0.2, 0.25) is 0 Å². The molecule has 1 saturated heterocycles. The van der Waals surface area contributed by atoms with Crippen LogP contribution < -0.4 is 0 Å². The molecule has 1 aliphatic heterocycles. The summed E-state index contributed by atoms with van der Waals surface area (Å²) in [6.07, 6.45) is 1.93. The van der Waals surface area contributed by atoms with E-state index in [9.17, 15) is 0 Å². The number of aliphatic hydroxyl groups excluding tert-OH is 1. The zero-order valence-corrected chi connectivity index (χ0v) is 8.61. The molecule has 0 aromatic heterocycles. The third-order valence-corrected chi connectivity index (χ3v) is 2.82. The topological polar surface area (TPSA) is 26.7 Å². The molecule has 0 spiro atoms. The lowest BCUT2D eigenvalue weighted by atomic mass is 10.1. The number of aliphatic hydroxyl groups is 1. The van der Waals surface area contributed by atoms with E-state index in [2.05, 4.69) is 30.4 Å². The Morgan fingerprint density at radius 3 is 2.77 bits per heavy atom. The lowest BCUT2D eigenvalue weighted by molar-refractivity contribution is 0.0315. The number of hydrogen-bond acceptors (Lipinski definition) is 3. The van der Waals surface area contributed by atoms with Gasteiger partial charge in [0.05, 0.1) is 6.61 Å². The highest BCUT2D eigenvalue weighted by atomic mass is 16.3. The first kappa shape index (κ1) is 10.7. The Kier molecular flexibility index (Phi) is 3.90. The SMILES string of the molecule is C=CCN1CC(CO)N(C)CC1C. The summed E-state index contributed by atoms with van der Waals surface area (Å²) >= 11 is 0. The van der Waals surface area contributed by atoms with Gasteiger partial charge in [0.1, 0.15) is 0 Å². The third kappa shape index (κ3) is 2.53. The zero-order chi connectivity index (χ0) is 9.84. The minimum atomic E-state index is 0.247. The zero-order valence-electron chi connectivity index (χ0n) is 8.61. The van der Waals surface area contributed by atoms with Crippen molar-refractivity contribution in [3.05, 3.63) is 12.7 Å². The Morgan fingerprint density at radius 1 is 1.54 bits per heavy atom. The van der Waals surface area contributed by atoms with Crippen LogP contribution in [0.2, 0.25) is 0 Å². The fourth-order valence-electron chi connectivity index (χ4n) is 1.89. The van der Waals surface area contributed by atoms with Crippen LogP contribution >= 0.6 is 0 Å². The van der Waals surface area contributed by atoms with Gasteiger partial charge in [0, 0.05) is 31.7 Å². The first-order valence-corrected chi connectivity index (χ1v) is 4.85. The summed E-state index contributed by atoms with van der Waals surface area (Å²) in [6, 6.07) is 0.849. The van der Waals surface area contributed by atoms with Crippen molar-refractivity contribution in [2.75, 3.05) is 33.3 Å². The molecule has 1 aliphatic rings. The fourth-order valence-corrected chi connectivity index (χ4v) is 1.89. The number of hydrogen-bond donors (Lipinski definition) is 1. The van der Waals surface area contributed by atoms with E-state index in [1.54, 1.807) is 0 Å². The Hall–Kier alpha value is -0.380. The molecular weight excluding hydrogens is 164 g/mol. The molecule has 0 radical (unpaired) electrons. The van der Waals surface area contributed by atoms with Crippen molar-refractivity contribution in [1.29, 1.82) is 0 Å². The van der Waals surface area contributed by atoms with Crippen LogP contribution in [0.3, 0.4) is 0 Å². The summed E-state index contributed by atoms with van der Waals surface area (Å²) in [6.45, 7) is 9.10. The predicted octanol–water partition coefficient (Wildman–Crippen LogP) is 0.169. The second-order valence-corrected chi connectivity index (χ2v) is 3.87. The maximum Gasteiger partial charge on any atom is 0.0599 e. The van der Waals surface area contributed by atoms with Crippen molar-refractivity contribution in [3.63, 3.8) is 0 Å². The van der Waals surface area contributed by atoms with Gasteiger partial charge in [-0.2, -0.15) is 0 Å². The highest BCUT2D eigenvalue weighted by Gasteiger charge is 2.27. The van der Waals surface area contributed by atoms with Crippen LogP contribution in [0.1, 0.15) is 6.92 Å². The van der Waals surface area contributed by atoms with E-state index in [0.29, 0.717) is 6.04 Å². The second-order valence-electron chi connectivity index (χ2n) is 3.87. The van der Waals surface area contributed by atoms with E-state index in [0.717, 1.165) is 19.6 Å². The molecule has 2 atom stereocenters. The first-order chi connectivity index (χ1) is 6.19. The molecule has 3 heteroatoms. The minimum Gasteiger partial charge on any atom is -0.395 e.